The van der Waals surface area contributed by atoms with Crippen LogP contribution >= 0.6 is 0 Å². The summed E-state index contributed by atoms with van der Waals surface area (Å²) >= 11 is 0. The third kappa shape index (κ3) is 15.3. The monoisotopic (exact) mass is 1070 g/mol. The van der Waals surface area contributed by atoms with Crippen LogP contribution in [0, 0.1) is 0 Å². The van der Waals surface area contributed by atoms with Gasteiger partial charge in [-0.25, -0.2) is 4.79 Å². The van der Waals surface area contributed by atoms with Gasteiger partial charge in [-0.15, -0.1) is 0 Å². The number of aliphatic hydroxyl groups is 1. The van der Waals surface area contributed by atoms with Crippen LogP contribution in [-0.4, -0.2) is 151 Å². The fraction of sp³-hybridized carbons (Fsp3) is 0.652. The zero-order valence-electron chi connectivity index (χ0n) is 42.4. The number of azide groups is 5. The minimum Gasteiger partial charge on any atom is -0.459 e. The molecule has 0 unspecified atom stereocenters. The number of amides is 1. The third-order valence-corrected chi connectivity index (χ3v) is 13.1. The molecule has 77 heavy (non-hydrogen) atoms. The van der Waals surface area contributed by atoms with Gasteiger partial charge in [0.1, 0.15) is 43.2 Å². The van der Waals surface area contributed by atoms with Crippen molar-refractivity contribution in [3.05, 3.63) is 124 Å². The van der Waals surface area contributed by atoms with Gasteiger partial charge in [-0.1, -0.05) is 93.2 Å². The number of ether oxygens (including phenoxy) is 10. The van der Waals surface area contributed by atoms with Crippen molar-refractivity contribution >= 4 is 24.0 Å². The van der Waals surface area contributed by atoms with Gasteiger partial charge in [0.25, 0.3) is 0 Å². The van der Waals surface area contributed by atoms with Crippen molar-refractivity contribution in [2.75, 3.05) is 6.54 Å². The summed E-state index contributed by atoms with van der Waals surface area (Å²) in [5.74, 6) is -2.67. The van der Waals surface area contributed by atoms with Gasteiger partial charge >= 0.3 is 24.0 Å². The Morgan fingerprint density at radius 3 is 1.78 bits per heavy atom. The molecule has 18 atom stereocenters. The molecule has 4 aliphatic rings. The first-order valence-corrected chi connectivity index (χ1v) is 24.5. The Kier molecular flexibility index (Phi) is 21.7. The summed E-state index contributed by atoms with van der Waals surface area (Å²) in [5.41, 5.74) is 49.7. The molecule has 1 N–H and O–H groups in total. The number of nitrogens with zero attached hydrogens (tertiary/aromatic N) is 16. The van der Waals surface area contributed by atoms with Gasteiger partial charge in [0.05, 0.1) is 55.1 Å². The second-order valence-electron chi connectivity index (χ2n) is 18.2. The van der Waals surface area contributed by atoms with Crippen LogP contribution < -0.4 is 0 Å². The molecule has 31 heteroatoms. The zero-order valence-corrected chi connectivity index (χ0v) is 42.4. The summed E-state index contributed by atoms with van der Waals surface area (Å²) in [6, 6.07) is 12.2. The van der Waals surface area contributed by atoms with Gasteiger partial charge in [-0.05, 0) is 71.4 Å². The Bertz CT molecular complexity index is 2600. The molecule has 0 spiro atoms. The maximum Gasteiger partial charge on any atom is 0.410 e. The molecule has 3 heterocycles. The number of carbonyl (C=O) groups excluding carboxylic acids is 4. The summed E-state index contributed by atoms with van der Waals surface area (Å²) in [4.78, 5) is 68.3. The van der Waals surface area contributed by atoms with Crippen molar-refractivity contribution in [1.29, 1.82) is 0 Å². The summed E-state index contributed by atoms with van der Waals surface area (Å²) in [6.07, 6.45) is -19.9. The SMILES string of the molecule is CC[C@H]1O[C@@H](O[C@@H]2[C@@H](OC(C)=O)[C@H](N=[N+]=[N-])C[C@H](N=[N+]=[N-])[C@H]2O[C@H]2O[C@H]([C@H](C)N(Cc3ccccc3)C(=O)OCc3ccccc3)CC[C@H]2N=[N+]=[N-])[C@H](OC(C)=O)[C@@H]1O[C@H]1O[C@@H](CN=[N+]=[N-])[C@@H](O)[C@H](OC(C)=O)[C@H]1N=[N+]=[N-]. The molecule has 4 fully saturated rings. The molecule has 31 nitrogen and oxygen atoms in total. The lowest BCUT2D eigenvalue weighted by atomic mass is 9.83. The lowest BCUT2D eigenvalue weighted by Crippen LogP contribution is -2.62. The van der Waals surface area contributed by atoms with Crippen molar-refractivity contribution in [3.8, 4) is 0 Å². The standard InChI is InChI=1S/C46H58N16O15/c1-6-32-39(76-44-35(56-61-51)40(70-25(4)64)36(66)34(74-44)20-52-57-47)42(71-26(5)65)45(72-32)77-41-37(69-24(3)63)30(54-59-49)19-31(55-60-50)38(41)75-43-29(53-58-48)17-18-33(73-43)23(2)62(21-27-13-9-7-10-14-27)46(67)68-22-28-15-11-8-12-16-28/h7-16,23,29-45,66H,6,17-22H2,1-5H3/t23-,29+,30+,31-,32+,33-,34-,35+,36+,37-,38+,39+,40+,41+,42+,43+,44+,45-/m0/s1. The van der Waals surface area contributed by atoms with Crippen molar-refractivity contribution in [2.24, 2.45) is 25.6 Å². The van der Waals surface area contributed by atoms with Crippen LogP contribution in [0.2, 0.25) is 0 Å². The van der Waals surface area contributed by atoms with E-state index in [0.717, 1.165) is 31.9 Å². The molecule has 2 aromatic rings. The third-order valence-electron chi connectivity index (χ3n) is 13.1. The minimum absolute atomic E-state index is 0.0301. The fourth-order valence-corrected chi connectivity index (χ4v) is 9.64. The van der Waals surface area contributed by atoms with Crippen LogP contribution in [0.3, 0.4) is 0 Å². The van der Waals surface area contributed by atoms with Crippen molar-refractivity contribution in [1.82, 2.24) is 4.90 Å². The highest BCUT2D eigenvalue weighted by atomic mass is 16.8. The number of hydrogen-bond donors (Lipinski definition) is 1. The topological polar surface area (TPSA) is 428 Å². The number of benzene rings is 2. The Morgan fingerprint density at radius 1 is 0.636 bits per heavy atom. The number of esters is 3. The normalized spacial score (nSPS) is 31.8. The van der Waals surface area contributed by atoms with E-state index in [9.17, 15) is 46.4 Å². The molecule has 412 valence electrons. The average Bonchev–Trinajstić information content (AvgIpc) is 3.77. The summed E-state index contributed by atoms with van der Waals surface area (Å²) in [5, 5.41) is 30.1. The Hall–Kier alpha value is -7.61. The average molecular weight is 1080 g/mol. The number of aliphatic hydroxyl groups excluding tert-OH is 1. The van der Waals surface area contributed by atoms with Crippen molar-refractivity contribution in [2.45, 2.75) is 184 Å². The van der Waals surface area contributed by atoms with Gasteiger partial charge in [0.15, 0.2) is 25.0 Å². The first-order chi connectivity index (χ1) is 37.1. The van der Waals surface area contributed by atoms with E-state index in [1.165, 1.54) is 4.90 Å². The lowest BCUT2D eigenvalue weighted by Gasteiger charge is -2.47. The molecule has 3 saturated heterocycles. The predicted molar refractivity (Wildman–Crippen MR) is 261 cm³/mol. The van der Waals surface area contributed by atoms with Crippen LogP contribution in [0.5, 0.6) is 0 Å². The maximum atomic E-state index is 14.0. The molecule has 0 radical (unpaired) electrons. The van der Waals surface area contributed by atoms with Crippen molar-refractivity contribution in [3.63, 3.8) is 0 Å². The van der Waals surface area contributed by atoms with Crippen LogP contribution in [-0.2, 0) is 74.9 Å². The molecule has 2 aromatic carbocycles. The Balaban J connectivity index is 1.37. The molecule has 1 aliphatic carbocycles. The molecule has 0 aromatic heterocycles. The van der Waals surface area contributed by atoms with E-state index in [1.54, 1.807) is 13.8 Å². The molecule has 3 aliphatic heterocycles. The van der Waals surface area contributed by atoms with E-state index >= 15 is 0 Å². The van der Waals surface area contributed by atoms with E-state index in [1.807, 2.05) is 60.7 Å². The van der Waals surface area contributed by atoms with Gasteiger partial charge in [0.2, 0.25) is 0 Å². The second kappa shape index (κ2) is 28.5. The molecule has 0 bridgehead atoms. The first kappa shape index (κ1) is 58.6. The van der Waals surface area contributed by atoms with E-state index in [2.05, 4.69) is 50.1 Å². The smallest absolute Gasteiger partial charge is 0.410 e. The highest BCUT2D eigenvalue weighted by Gasteiger charge is 2.57. The lowest BCUT2D eigenvalue weighted by molar-refractivity contribution is -0.293. The van der Waals surface area contributed by atoms with Gasteiger partial charge in [-0.3, -0.25) is 19.3 Å². The largest absolute Gasteiger partial charge is 0.459 e. The fourth-order valence-electron chi connectivity index (χ4n) is 9.64. The number of hydrogen-bond acceptors (Lipinski definition) is 20. The number of rotatable bonds is 22. The van der Waals surface area contributed by atoms with Crippen LogP contribution in [0.25, 0.3) is 52.2 Å². The maximum absolute atomic E-state index is 14.0. The quantitative estimate of drug-likeness (QED) is 0.0397. The summed E-state index contributed by atoms with van der Waals surface area (Å²) < 4.78 is 61.6. The zero-order chi connectivity index (χ0) is 55.6. The van der Waals surface area contributed by atoms with E-state index in [0.29, 0.717) is 0 Å². The molecular weight excluding hydrogens is 1020 g/mol. The van der Waals surface area contributed by atoms with Crippen LogP contribution in [0.15, 0.2) is 86.2 Å². The molecule has 1 amide bonds. The second-order valence-corrected chi connectivity index (χ2v) is 18.2. The highest BCUT2D eigenvalue weighted by molar-refractivity contribution is 5.68. The van der Waals surface area contributed by atoms with E-state index in [4.69, 9.17) is 52.9 Å². The Labute approximate surface area is 439 Å². The van der Waals surface area contributed by atoms with Crippen molar-refractivity contribution < 1.29 is 71.7 Å². The summed E-state index contributed by atoms with van der Waals surface area (Å²) in [7, 11) is 0. The summed E-state index contributed by atoms with van der Waals surface area (Å²) in [6.45, 7) is 6.16. The van der Waals surface area contributed by atoms with Gasteiger partial charge in [-0.2, -0.15) is 0 Å². The van der Waals surface area contributed by atoms with Crippen LogP contribution in [0.4, 0.5) is 4.79 Å². The first-order valence-electron chi connectivity index (χ1n) is 24.5. The highest BCUT2D eigenvalue weighted by Crippen LogP contribution is 2.40. The van der Waals surface area contributed by atoms with Gasteiger partial charge in [0, 0.05) is 51.9 Å². The molecular formula is C46H58N16O15. The molecule has 1 saturated carbocycles. The molecule has 6 rings (SSSR count). The van der Waals surface area contributed by atoms with E-state index in [-0.39, 0.29) is 38.8 Å². The van der Waals surface area contributed by atoms with E-state index < -0.39 is 141 Å². The predicted octanol–water partition coefficient (Wildman–Crippen LogP) is 7.32. The van der Waals surface area contributed by atoms with Crippen LogP contribution in [0.1, 0.15) is 71.4 Å². The minimum atomic E-state index is -1.73. The Morgan fingerprint density at radius 2 is 1.18 bits per heavy atom. The van der Waals surface area contributed by atoms with Gasteiger partial charge < -0.3 is 52.5 Å². The number of carbonyl (C=O) groups is 4.